The van der Waals surface area contributed by atoms with Crippen LogP contribution in [-0.4, -0.2) is 28.2 Å². The molecule has 7 nitrogen and oxygen atoms in total. The van der Waals surface area contributed by atoms with Crippen LogP contribution in [0, 0.1) is 21.4 Å². The number of allylic oxidation sites excluding steroid dienone is 1. The Labute approximate surface area is 145 Å². The van der Waals surface area contributed by atoms with Crippen molar-refractivity contribution in [1.29, 1.82) is 0 Å². The number of methoxy groups -OCH3 is 1. The third-order valence-electron chi connectivity index (χ3n) is 5.92. The SMILES string of the molecule is COC(=O)[C@]1(C)CCC[C@@]2(C)c3ccc([N+](=O)[O-])cc3C(O)=C(O)[C@@H]12. The van der Waals surface area contributed by atoms with Crippen LogP contribution in [0.3, 0.4) is 0 Å². The number of non-ortho nitro benzene ring substituents is 1. The summed E-state index contributed by atoms with van der Waals surface area (Å²) in [4.78, 5) is 23.0. The molecule has 25 heavy (non-hydrogen) atoms. The Morgan fingerprint density at radius 3 is 2.60 bits per heavy atom. The molecule has 2 aliphatic rings. The van der Waals surface area contributed by atoms with E-state index in [1.54, 1.807) is 13.0 Å². The summed E-state index contributed by atoms with van der Waals surface area (Å²) in [6, 6.07) is 4.28. The summed E-state index contributed by atoms with van der Waals surface area (Å²) in [5, 5.41) is 32.3. The second-order valence-electron chi connectivity index (χ2n) is 7.33. The van der Waals surface area contributed by atoms with Gasteiger partial charge in [0.1, 0.15) is 5.76 Å². The molecule has 134 valence electrons. The minimum Gasteiger partial charge on any atom is -0.508 e. The van der Waals surface area contributed by atoms with Crippen LogP contribution in [0.5, 0.6) is 0 Å². The van der Waals surface area contributed by atoms with Crippen LogP contribution in [0.2, 0.25) is 0 Å². The zero-order chi connectivity index (χ0) is 18.6. The fourth-order valence-corrected chi connectivity index (χ4v) is 4.78. The molecule has 0 bridgehead atoms. The second kappa shape index (κ2) is 5.47. The number of nitrogens with zero attached hydrogens (tertiary/aromatic N) is 1. The van der Waals surface area contributed by atoms with Gasteiger partial charge in [-0.15, -0.1) is 0 Å². The van der Waals surface area contributed by atoms with E-state index in [0.29, 0.717) is 18.4 Å². The maximum atomic E-state index is 12.5. The van der Waals surface area contributed by atoms with E-state index in [0.717, 1.165) is 6.42 Å². The van der Waals surface area contributed by atoms with Gasteiger partial charge in [-0.05, 0) is 25.3 Å². The molecule has 0 aliphatic heterocycles. The Hall–Kier alpha value is -2.57. The summed E-state index contributed by atoms with van der Waals surface area (Å²) in [6.07, 6.45) is 1.95. The fourth-order valence-electron chi connectivity index (χ4n) is 4.78. The van der Waals surface area contributed by atoms with Crippen LogP contribution in [0.1, 0.15) is 44.2 Å². The highest BCUT2D eigenvalue weighted by molar-refractivity contribution is 5.80. The first-order valence-electron chi connectivity index (χ1n) is 8.16. The van der Waals surface area contributed by atoms with Gasteiger partial charge in [-0.25, -0.2) is 0 Å². The van der Waals surface area contributed by atoms with Gasteiger partial charge in [-0.3, -0.25) is 14.9 Å². The number of aliphatic hydroxyl groups excluding tert-OH is 2. The Morgan fingerprint density at radius 1 is 1.32 bits per heavy atom. The highest BCUT2D eigenvalue weighted by Crippen LogP contribution is 2.59. The summed E-state index contributed by atoms with van der Waals surface area (Å²) in [6.45, 7) is 3.66. The normalized spacial score (nSPS) is 31.1. The molecule has 2 N–H and O–H groups in total. The van der Waals surface area contributed by atoms with Gasteiger partial charge in [0.05, 0.1) is 17.4 Å². The van der Waals surface area contributed by atoms with Crippen molar-refractivity contribution < 1.29 is 24.7 Å². The Kier molecular flexibility index (Phi) is 3.78. The molecule has 0 spiro atoms. The first-order valence-corrected chi connectivity index (χ1v) is 8.16. The Balaban J connectivity index is 2.26. The van der Waals surface area contributed by atoms with Crippen LogP contribution >= 0.6 is 0 Å². The van der Waals surface area contributed by atoms with E-state index in [4.69, 9.17) is 4.74 Å². The van der Waals surface area contributed by atoms with Crippen LogP contribution in [0.4, 0.5) is 5.69 Å². The van der Waals surface area contributed by atoms with Crippen molar-refractivity contribution in [2.45, 2.75) is 38.5 Å². The fraction of sp³-hybridized carbons (Fsp3) is 0.500. The molecule has 0 unspecified atom stereocenters. The maximum absolute atomic E-state index is 12.5. The highest BCUT2D eigenvalue weighted by atomic mass is 16.6. The first kappa shape index (κ1) is 17.3. The Morgan fingerprint density at radius 2 is 2.00 bits per heavy atom. The van der Waals surface area contributed by atoms with Crippen molar-refractivity contribution in [3.05, 3.63) is 45.2 Å². The topological polar surface area (TPSA) is 110 Å². The average Bonchev–Trinajstić information content (AvgIpc) is 2.58. The molecule has 0 saturated heterocycles. The quantitative estimate of drug-likeness (QED) is 0.480. The molecular weight excluding hydrogens is 326 g/mol. The zero-order valence-corrected chi connectivity index (χ0v) is 14.4. The standard InChI is InChI=1S/C18H21NO6/c1-17-7-4-8-18(2,16(22)25-3)15(17)14(21)13(20)11-9-10(19(23)24)5-6-12(11)17/h5-6,9,15,20-21H,4,7-8H2,1-3H3/t15-,17+,18-/m1/s1. The summed E-state index contributed by atoms with van der Waals surface area (Å²) in [5.41, 5.74) is -0.833. The molecule has 3 rings (SSSR count). The van der Waals surface area contributed by atoms with E-state index >= 15 is 0 Å². The van der Waals surface area contributed by atoms with E-state index in [2.05, 4.69) is 0 Å². The smallest absolute Gasteiger partial charge is 0.312 e. The number of benzene rings is 1. The lowest BCUT2D eigenvalue weighted by atomic mass is 9.50. The minimum absolute atomic E-state index is 0.160. The predicted molar refractivity (Wildman–Crippen MR) is 90.1 cm³/mol. The number of aliphatic hydroxyl groups is 2. The predicted octanol–water partition coefficient (Wildman–Crippen LogP) is 3.63. The van der Waals surface area contributed by atoms with Gasteiger partial charge in [0.25, 0.3) is 5.69 Å². The van der Waals surface area contributed by atoms with E-state index < -0.39 is 33.4 Å². The largest absolute Gasteiger partial charge is 0.508 e. The summed E-state index contributed by atoms with van der Waals surface area (Å²) in [7, 11) is 1.31. The molecule has 0 amide bonds. The number of hydrogen-bond acceptors (Lipinski definition) is 6. The number of nitro groups is 1. The second-order valence-corrected chi connectivity index (χ2v) is 7.33. The summed E-state index contributed by atoms with van der Waals surface area (Å²) in [5.74, 6) is -1.80. The van der Waals surface area contributed by atoms with Crippen LogP contribution < -0.4 is 0 Å². The molecule has 0 heterocycles. The molecule has 2 aliphatic carbocycles. The number of hydrogen-bond donors (Lipinski definition) is 2. The molecule has 3 atom stereocenters. The van der Waals surface area contributed by atoms with Gasteiger partial charge >= 0.3 is 5.97 Å². The van der Waals surface area contributed by atoms with E-state index in [9.17, 15) is 25.1 Å². The minimum atomic E-state index is -0.987. The van der Waals surface area contributed by atoms with Crippen LogP contribution in [0.15, 0.2) is 24.0 Å². The number of esters is 1. The lowest BCUT2D eigenvalue weighted by Crippen LogP contribution is -2.53. The number of ether oxygens (including phenoxy) is 1. The third-order valence-corrected chi connectivity index (χ3v) is 5.92. The number of rotatable bonds is 2. The molecule has 0 aromatic heterocycles. The molecule has 0 radical (unpaired) electrons. The van der Waals surface area contributed by atoms with Gasteiger partial charge in [-0.1, -0.05) is 19.4 Å². The molecule has 1 aromatic carbocycles. The number of carbonyl (C=O) groups is 1. The van der Waals surface area contributed by atoms with Gasteiger partial charge in [0.15, 0.2) is 5.76 Å². The van der Waals surface area contributed by atoms with Crippen molar-refractivity contribution in [1.82, 2.24) is 0 Å². The van der Waals surface area contributed by atoms with Crippen molar-refractivity contribution in [2.24, 2.45) is 11.3 Å². The molecule has 1 saturated carbocycles. The zero-order valence-electron chi connectivity index (χ0n) is 14.4. The maximum Gasteiger partial charge on any atom is 0.312 e. The van der Waals surface area contributed by atoms with Gasteiger partial charge in [0.2, 0.25) is 0 Å². The number of carbonyl (C=O) groups excluding carboxylic acids is 1. The molecule has 1 aromatic rings. The lowest BCUT2D eigenvalue weighted by molar-refractivity contribution is -0.384. The highest BCUT2D eigenvalue weighted by Gasteiger charge is 2.59. The van der Waals surface area contributed by atoms with Crippen LogP contribution in [-0.2, 0) is 14.9 Å². The van der Waals surface area contributed by atoms with E-state index in [1.807, 2.05) is 6.92 Å². The number of nitro benzene ring substituents is 1. The van der Waals surface area contributed by atoms with Gasteiger partial charge in [0, 0.05) is 29.0 Å². The molecule has 7 heteroatoms. The summed E-state index contributed by atoms with van der Waals surface area (Å²) >= 11 is 0. The average molecular weight is 347 g/mol. The third kappa shape index (κ3) is 2.22. The van der Waals surface area contributed by atoms with Crippen molar-refractivity contribution in [3.63, 3.8) is 0 Å². The molecular formula is C18H21NO6. The van der Waals surface area contributed by atoms with Crippen molar-refractivity contribution in [3.8, 4) is 0 Å². The van der Waals surface area contributed by atoms with Crippen LogP contribution in [0.25, 0.3) is 5.76 Å². The van der Waals surface area contributed by atoms with E-state index in [-0.39, 0.29) is 17.0 Å². The number of fused-ring (bicyclic) bond motifs is 3. The van der Waals surface area contributed by atoms with Crippen molar-refractivity contribution >= 4 is 17.4 Å². The lowest BCUT2D eigenvalue weighted by Gasteiger charge is -2.52. The van der Waals surface area contributed by atoms with Crippen molar-refractivity contribution in [2.75, 3.05) is 7.11 Å². The monoisotopic (exact) mass is 347 g/mol. The van der Waals surface area contributed by atoms with Gasteiger partial charge in [-0.2, -0.15) is 0 Å². The first-order chi connectivity index (χ1) is 11.7. The van der Waals surface area contributed by atoms with Gasteiger partial charge < -0.3 is 14.9 Å². The molecule has 1 fully saturated rings. The Bertz CT molecular complexity index is 801. The summed E-state index contributed by atoms with van der Waals surface area (Å²) < 4.78 is 4.97. The van der Waals surface area contributed by atoms with E-state index in [1.165, 1.54) is 19.2 Å².